The molecular formula is C10H19N2O3S2+. The summed E-state index contributed by atoms with van der Waals surface area (Å²) in [6.45, 7) is 4.92. The van der Waals surface area contributed by atoms with Gasteiger partial charge in [0.25, 0.3) is 0 Å². The molecule has 0 radical (unpaired) electrons. The molecule has 2 aliphatic heterocycles. The van der Waals surface area contributed by atoms with Crippen molar-refractivity contribution in [2.45, 2.75) is 18.9 Å². The number of rotatable bonds is 1. The van der Waals surface area contributed by atoms with E-state index in [0.717, 1.165) is 13.1 Å². The van der Waals surface area contributed by atoms with Crippen molar-refractivity contribution in [2.24, 2.45) is 0 Å². The molecule has 0 aromatic rings. The summed E-state index contributed by atoms with van der Waals surface area (Å²) in [5.41, 5.74) is -0.346. The van der Waals surface area contributed by atoms with Gasteiger partial charge in [-0.1, -0.05) is 4.21 Å². The van der Waals surface area contributed by atoms with Gasteiger partial charge in [-0.3, -0.25) is 0 Å². The standard InChI is InChI=1S/C10H18N2O3S2/c1-10(2-7-17(13,14)8-10)11-9(16)12-3-5-15-6-4-12/h2-8H2,1H3,(H-,11,13,14,16)/p+1/t10-/m0/s1. The van der Waals surface area contributed by atoms with Crippen molar-refractivity contribution in [3.63, 3.8) is 0 Å². The van der Waals surface area contributed by atoms with E-state index < -0.39 is 10.2 Å². The third-order valence-corrected chi connectivity index (χ3v) is 5.51. The largest absolute Gasteiger partial charge is 0.378 e. The molecule has 2 rings (SSSR count). The first-order valence-corrected chi connectivity index (χ1v) is 8.03. The molecule has 0 aromatic carbocycles. The van der Waals surface area contributed by atoms with Gasteiger partial charge in [-0.15, -0.1) is 0 Å². The average molecular weight is 279 g/mol. The molecule has 17 heavy (non-hydrogen) atoms. The molecule has 2 atom stereocenters. The molecule has 0 bridgehead atoms. The van der Waals surface area contributed by atoms with E-state index >= 15 is 0 Å². The summed E-state index contributed by atoms with van der Waals surface area (Å²) in [5.74, 6) is 0.646. The van der Waals surface area contributed by atoms with Crippen LogP contribution in [0.25, 0.3) is 0 Å². The maximum atomic E-state index is 11.6. The summed E-state index contributed by atoms with van der Waals surface area (Å²) in [6, 6.07) is 0. The van der Waals surface area contributed by atoms with Gasteiger partial charge in [-0.25, -0.2) is 0 Å². The van der Waals surface area contributed by atoms with Crippen LogP contribution in [0.3, 0.4) is 0 Å². The zero-order chi connectivity index (χ0) is 12.5. The van der Waals surface area contributed by atoms with Crippen LogP contribution in [0.4, 0.5) is 0 Å². The van der Waals surface area contributed by atoms with Gasteiger partial charge in [0, 0.05) is 19.5 Å². The molecule has 0 aromatic heterocycles. The van der Waals surface area contributed by atoms with E-state index in [1.165, 1.54) is 0 Å². The highest BCUT2D eigenvalue weighted by Gasteiger charge is 2.47. The first-order valence-electron chi connectivity index (χ1n) is 5.77. The molecule has 1 unspecified atom stereocenters. The van der Waals surface area contributed by atoms with E-state index in [9.17, 15) is 8.76 Å². The molecular weight excluding hydrogens is 260 g/mol. The lowest BCUT2D eigenvalue weighted by atomic mass is 10.0. The molecule has 0 aliphatic carbocycles. The fraction of sp³-hybridized carbons (Fsp3) is 0.900. The highest BCUT2D eigenvalue weighted by Crippen LogP contribution is 2.26. The molecule has 0 saturated carbocycles. The predicted molar refractivity (Wildman–Crippen MR) is 71.6 cm³/mol. The van der Waals surface area contributed by atoms with Gasteiger partial charge in [-0.2, -0.15) is 4.55 Å². The highest BCUT2D eigenvalue weighted by molar-refractivity contribution is 7.98. The van der Waals surface area contributed by atoms with Crippen LogP contribution in [0.5, 0.6) is 0 Å². The Labute approximate surface area is 108 Å². The lowest BCUT2D eigenvalue weighted by molar-refractivity contribution is 0.0670. The van der Waals surface area contributed by atoms with Crippen LogP contribution in [0.1, 0.15) is 13.3 Å². The third-order valence-electron chi connectivity index (χ3n) is 3.22. The average Bonchev–Trinajstić information content (AvgIpc) is 2.54. The minimum atomic E-state index is -2.65. The van der Waals surface area contributed by atoms with E-state index in [1.807, 2.05) is 6.92 Å². The fourth-order valence-corrected chi connectivity index (χ4v) is 4.78. The summed E-state index contributed by atoms with van der Waals surface area (Å²) in [6.07, 6.45) is 0.687. The van der Waals surface area contributed by atoms with Crippen LogP contribution in [-0.4, -0.2) is 57.9 Å². The second kappa shape index (κ2) is 4.79. The summed E-state index contributed by atoms with van der Waals surface area (Å²) in [5, 5.41) is 3.92. The van der Waals surface area contributed by atoms with Crippen molar-refractivity contribution < 1.29 is 13.5 Å². The molecule has 2 aliphatic rings. The maximum absolute atomic E-state index is 11.6. The van der Waals surface area contributed by atoms with Crippen LogP contribution in [0, 0.1) is 0 Å². The number of morpholine rings is 1. The first kappa shape index (κ1) is 13.2. The van der Waals surface area contributed by atoms with Crippen molar-refractivity contribution in [3.8, 4) is 0 Å². The third kappa shape index (κ3) is 3.37. The minimum absolute atomic E-state index is 0.282. The second-order valence-corrected chi connectivity index (χ2v) is 7.59. The molecule has 7 heteroatoms. The number of nitrogens with one attached hydrogen (secondary N) is 1. The van der Waals surface area contributed by atoms with Gasteiger partial charge in [0.15, 0.2) is 10.9 Å². The molecule has 5 nitrogen and oxygen atoms in total. The first-order chi connectivity index (χ1) is 7.90. The van der Waals surface area contributed by atoms with Gasteiger partial charge in [0.1, 0.15) is 5.75 Å². The Bertz CT molecular complexity index is 357. The van der Waals surface area contributed by atoms with E-state index in [1.54, 1.807) is 0 Å². The molecule has 0 spiro atoms. The van der Waals surface area contributed by atoms with Crippen molar-refractivity contribution in [2.75, 3.05) is 37.8 Å². The van der Waals surface area contributed by atoms with Crippen LogP contribution >= 0.6 is 12.2 Å². The lowest BCUT2D eigenvalue weighted by Gasteiger charge is -2.33. The Hall–Kier alpha value is -0.240. The maximum Gasteiger partial charge on any atom is 0.216 e. The Balaban J connectivity index is 1.92. The number of hydrogen-bond donors (Lipinski definition) is 2. The fourth-order valence-electron chi connectivity index (χ4n) is 2.23. The Morgan fingerprint density at radius 2 is 2.18 bits per heavy atom. The molecule has 98 valence electrons. The highest BCUT2D eigenvalue weighted by atomic mass is 32.3. The van der Waals surface area contributed by atoms with Crippen LogP contribution < -0.4 is 5.32 Å². The van der Waals surface area contributed by atoms with E-state index in [4.69, 9.17) is 17.0 Å². The van der Waals surface area contributed by atoms with Gasteiger partial charge >= 0.3 is 0 Å². The van der Waals surface area contributed by atoms with Crippen molar-refractivity contribution in [1.29, 1.82) is 0 Å². The van der Waals surface area contributed by atoms with Crippen molar-refractivity contribution in [1.82, 2.24) is 10.2 Å². The van der Waals surface area contributed by atoms with Crippen molar-refractivity contribution >= 4 is 27.5 Å². The van der Waals surface area contributed by atoms with Crippen LogP contribution in [0.2, 0.25) is 0 Å². The number of thiocarbonyl (C=S) groups is 1. The van der Waals surface area contributed by atoms with Gasteiger partial charge in [0.2, 0.25) is 10.2 Å². The zero-order valence-electron chi connectivity index (χ0n) is 9.98. The summed E-state index contributed by atoms with van der Waals surface area (Å²) >= 11 is 5.34. The van der Waals surface area contributed by atoms with Gasteiger partial charge in [-0.05, 0) is 19.1 Å². The topological polar surface area (TPSA) is 61.8 Å². The minimum Gasteiger partial charge on any atom is -0.378 e. The number of nitrogens with zero attached hydrogens (tertiary/aromatic N) is 1. The Morgan fingerprint density at radius 3 is 2.71 bits per heavy atom. The summed E-state index contributed by atoms with van der Waals surface area (Å²) in [4.78, 5) is 2.06. The molecule has 2 fully saturated rings. The predicted octanol–water partition coefficient (Wildman–Crippen LogP) is 0.328. The van der Waals surface area contributed by atoms with Crippen LogP contribution in [-0.2, 0) is 19.2 Å². The van der Waals surface area contributed by atoms with Crippen LogP contribution in [0.15, 0.2) is 0 Å². The lowest BCUT2D eigenvalue weighted by Crippen LogP contribution is -2.54. The smallest absolute Gasteiger partial charge is 0.216 e. The SMILES string of the molecule is C[C@]1(NC(=S)N2CCOCC2)CC[S+](=O)(O)C1. The molecule has 0 amide bonds. The van der Waals surface area contributed by atoms with Gasteiger partial charge in [0.05, 0.1) is 18.8 Å². The second-order valence-electron chi connectivity index (χ2n) is 4.96. The summed E-state index contributed by atoms with van der Waals surface area (Å²) in [7, 11) is -2.65. The quantitative estimate of drug-likeness (QED) is 0.533. The van der Waals surface area contributed by atoms with Crippen molar-refractivity contribution in [3.05, 3.63) is 0 Å². The van der Waals surface area contributed by atoms with Gasteiger partial charge < -0.3 is 15.0 Å². The summed E-state index contributed by atoms with van der Waals surface area (Å²) < 4.78 is 26.4. The van der Waals surface area contributed by atoms with E-state index in [2.05, 4.69) is 10.2 Å². The monoisotopic (exact) mass is 279 g/mol. The molecule has 2 saturated heterocycles. The number of ether oxygens (including phenoxy) is 1. The molecule has 2 heterocycles. The van der Waals surface area contributed by atoms with E-state index in [0.29, 0.717) is 30.5 Å². The number of hydrogen-bond acceptors (Lipinski definition) is 3. The van der Waals surface area contributed by atoms with E-state index in [-0.39, 0.29) is 11.3 Å². The Kier molecular flexibility index (Phi) is 3.72. The Morgan fingerprint density at radius 1 is 1.53 bits per heavy atom. The molecule has 2 N–H and O–H groups in total. The normalized spacial score (nSPS) is 38.1. The zero-order valence-corrected chi connectivity index (χ0v) is 11.6.